The molecule has 3 aromatic rings. The lowest BCUT2D eigenvalue weighted by atomic mass is 10.1. The molecule has 0 aliphatic heterocycles. The Morgan fingerprint density at radius 2 is 1.75 bits per heavy atom. The molecular formula is C17H16INS. The molecule has 20 heavy (non-hydrogen) atoms. The van der Waals surface area contributed by atoms with Crippen LogP contribution < -0.4 is 5.32 Å². The third-order valence-corrected chi connectivity index (χ3v) is 5.92. The lowest BCUT2D eigenvalue weighted by Crippen LogP contribution is -2.07. The molecule has 1 heterocycles. The first-order valence-corrected chi connectivity index (χ1v) is 8.55. The fourth-order valence-electron chi connectivity index (χ4n) is 2.48. The van der Waals surface area contributed by atoms with Crippen LogP contribution in [0.2, 0.25) is 0 Å². The van der Waals surface area contributed by atoms with E-state index in [-0.39, 0.29) is 0 Å². The van der Waals surface area contributed by atoms with Crippen molar-refractivity contribution in [2.24, 2.45) is 0 Å². The predicted molar refractivity (Wildman–Crippen MR) is 97.8 cm³/mol. The highest BCUT2D eigenvalue weighted by atomic mass is 127. The lowest BCUT2D eigenvalue weighted by Gasteiger charge is -2.16. The summed E-state index contributed by atoms with van der Waals surface area (Å²) in [6, 6.07) is 17.4. The Bertz CT molecular complexity index is 748. The molecule has 0 amide bonds. The minimum Gasteiger partial charge on any atom is -0.377 e. The van der Waals surface area contributed by atoms with Crippen LogP contribution in [-0.2, 0) is 0 Å². The molecule has 3 heteroatoms. The van der Waals surface area contributed by atoms with Crippen molar-refractivity contribution >= 4 is 49.7 Å². The Hall–Kier alpha value is -1.07. The average Bonchev–Trinajstić information content (AvgIpc) is 2.79. The van der Waals surface area contributed by atoms with Crippen LogP contribution in [0.25, 0.3) is 10.1 Å². The van der Waals surface area contributed by atoms with Gasteiger partial charge in [0.15, 0.2) is 0 Å². The molecule has 1 nitrogen and oxygen atoms in total. The van der Waals surface area contributed by atoms with Gasteiger partial charge in [0.05, 0.1) is 6.04 Å². The van der Waals surface area contributed by atoms with Gasteiger partial charge in [0.2, 0.25) is 0 Å². The predicted octanol–water partition coefficient (Wildman–Crippen LogP) is 5.99. The summed E-state index contributed by atoms with van der Waals surface area (Å²) in [6.07, 6.45) is 0. The summed E-state index contributed by atoms with van der Waals surface area (Å²) in [7, 11) is 0. The van der Waals surface area contributed by atoms with Crippen LogP contribution in [0.1, 0.15) is 23.4 Å². The van der Waals surface area contributed by atoms with Crippen molar-refractivity contribution in [2.45, 2.75) is 19.9 Å². The Labute approximate surface area is 137 Å². The van der Waals surface area contributed by atoms with Crippen LogP contribution in [0.4, 0.5) is 5.69 Å². The van der Waals surface area contributed by atoms with Gasteiger partial charge in [-0.25, -0.2) is 0 Å². The molecule has 1 N–H and O–H groups in total. The number of halogens is 1. The van der Waals surface area contributed by atoms with E-state index in [1.165, 1.54) is 29.8 Å². The van der Waals surface area contributed by atoms with E-state index < -0.39 is 0 Å². The number of aryl methyl sites for hydroxylation is 1. The van der Waals surface area contributed by atoms with Crippen LogP contribution in [0.15, 0.2) is 48.5 Å². The summed E-state index contributed by atoms with van der Waals surface area (Å²) in [5.41, 5.74) is 2.61. The largest absolute Gasteiger partial charge is 0.377 e. The van der Waals surface area contributed by atoms with Gasteiger partial charge in [-0.15, -0.1) is 11.3 Å². The summed E-state index contributed by atoms with van der Waals surface area (Å²) in [5.74, 6) is 0. The number of rotatable bonds is 3. The summed E-state index contributed by atoms with van der Waals surface area (Å²) >= 11 is 4.27. The first-order valence-electron chi connectivity index (χ1n) is 6.66. The van der Waals surface area contributed by atoms with Crippen molar-refractivity contribution in [1.82, 2.24) is 0 Å². The van der Waals surface area contributed by atoms with E-state index in [9.17, 15) is 0 Å². The van der Waals surface area contributed by atoms with Crippen LogP contribution in [0.5, 0.6) is 0 Å². The third kappa shape index (κ3) is 2.56. The van der Waals surface area contributed by atoms with E-state index in [0.29, 0.717) is 6.04 Å². The molecule has 0 bridgehead atoms. The molecular weight excluding hydrogens is 377 g/mol. The number of para-hydroxylation sites is 1. The summed E-state index contributed by atoms with van der Waals surface area (Å²) in [6.45, 7) is 4.46. The monoisotopic (exact) mass is 393 g/mol. The maximum Gasteiger partial charge on any atom is 0.0581 e. The quantitative estimate of drug-likeness (QED) is 0.539. The Kier molecular flexibility index (Phi) is 3.98. The zero-order chi connectivity index (χ0) is 14.1. The van der Waals surface area contributed by atoms with Gasteiger partial charge in [0, 0.05) is 18.8 Å². The standard InChI is InChI=1S/C17H16INS/c1-11-13-7-3-6-10-16(13)20-17(11)12(2)19-15-9-5-4-8-14(15)18/h3-10,12,19H,1-2H3. The SMILES string of the molecule is Cc1c(C(C)Nc2ccccc2I)sc2ccccc12. The first kappa shape index (κ1) is 13.9. The number of benzene rings is 2. The smallest absolute Gasteiger partial charge is 0.0581 e. The maximum absolute atomic E-state index is 3.63. The van der Waals surface area contributed by atoms with Crippen molar-refractivity contribution in [2.75, 3.05) is 5.32 Å². The number of hydrogen-bond acceptors (Lipinski definition) is 2. The molecule has 0 aliphatic rings. The number of thiophene rings is 1. The normalized spacial score (nSPS) is 12.6. The van der Waals surface area contributed by atoms with Gasteiger partial charge in [0.25, 0.3) is 0 Å². The van der Waals surface area contributed by atoms with Gasteiger partial charge in [-0.05, 0) is 65.6 Å². The van der Waals surface area contributed by atoms with Crippen LogP contribution >= 0.6 is 33.9 Å². The van der Waals surface area contributed by atoms with E-state index in [1.54, 1.807) is 0 Å². The molecule has 0 aliphatic carbocycles. The summed E-state index contributed by atoms with van der Waals surface area (Å²) in [4.78, 5) is 1.42. The van der Waals surface area contributed by atoms with E-state index >= 15 is 0 Å². The molecule has 2 aromatic carbocycles. The molecule has 0 saturated carbocycles. The highest BCUT2D eigenvalue weighted by Crippen LogP contribution is 2.36. The van der Waals surface area contributed by atoms with Crippen molar-refractivity contribution in [3.63, 3.8) is 0 Å². The average molecular weight is 393 g/mol. The van der Waals surface area contributed by atoms with Gasteiger partial charge < -0.3 is 5.32 Å². The second kappa shape index (κ2) is 5.74. The van der Waals surface area contributed by atoms with Crippen LogP contribution in [0, 0.1) is 10.5 Å². The second-order valence-electron chi connectivity index (χ2n) is 4.93. The van der Waals surface area contributed by atoms with E-state index in [2.05, 4.69) is 90.3 Å². The van der Waals surface area contributed by atoms with E-state index in [4.69, 9.17) is 0 Å². The molecule has 1 aromatic heterocycles. The van der Waals surface area contributed by atoms with E-state index in [1.807, 2.05) is 11.3 Å². The number of hydrogen-bond donors (Lipinski definition) is 1. The Morgan fingerprint density at radius 1 is 1.05 bits per heavy atom. The van der Waals surface area contributed by atoms with Gasteiger partial charge >= 0.3 is 0 Å². The fourth-order valence-corrected chi connectivity index (χ4v) is 4.24. The first-order chi connectivity index (χ1) is 9.66. The van der Waals surface area contributed by atoms with E-state index in [0.717, 1.165) is 0 Å². The molecule has 0 saturated heterocycles. The fraction of sp³-hybridized carbons (Fsp3) is 0.176. The Balaban J connectivity index is 1.95. The summed E-state index contributed by atoms with van der Waals surface area (Å²) in [5, 5.41) is 5.01. The topological polar surface area (TPSA) is 12.0 Å². The molecule has 1 atom stereocenters. The lowest BCUT2D eigenvalue weighted by molar-refractivity contribution is 0.899. The van der Waals surface area contributed by atoms with Gasteiger partial charge in [0.1, 0.15) is 0 Å². The van der Waals surface area contributed by atoms with Gasteiger partial charge in [-0.1, -0.05) is 30.3 Å². The van der Waals surface area contributed by atoms with Gasteiger partial charge in [-0.3, -0.25) is 0 Å². The van der Waals surface area contributed by atoms with Crippen molar-refractivity contribution < 1.29 is 0 Å². The zero-order valence-corrected chi connectivity index (χ0v) is 14.5. The third-order valence-electron chi connectivity index (χ3n) is 3.52. The van der Waals surface area contributed by atoms with Crippen LogP contribution in [-0.4, -0.2) is 0 Å². The van der Waals surface area contributed by atoms with Crippen LogP contribution in [0.3, 0.4) is 0 Å². The highest BCUT2D eigenvalue weighted by Gasteiger charge is 2.14. The number of nitrogens with one attached hydrogen (secondary N) is 1. The van der Waals surface area contributed by atoms with Gasteiger partial charge in [-0.2, -0.15) is 0 Å². The minimum atomic E-state index is 0.323. The maximum atomic E-state index is 3.63. The molecule has 0 fully saturated rings. The molecule has 0 radical (unpaired) electrons. The highest BCUT2D eigenvalue weighted by molar-refractivity contribution is 14.1. The van der Waals surface area contributed by atoms with Crippen molar-refractivity contribution in [3.8, 4) is 0 Å². The number of anilines is 1. The van der Waals surface area contributed by atoms with Crippen molar-refractivity contribution in [1.29, 1.82) is 0 Å². The molecule has 1 unspecified atom stereocenters. The molecule has 102 valence electrons. The molecule has 3 rings (SSSR count). The summed E-state index contributed by atoms with van der Waals surface area (Å²) < 4.78 is 2.63. The zero-order valence-electron chi connectivity index (χ0n) is 11.5. The van der Waals surface area contributed by atoms with Crippen molar-refractivity contribution in [3.05, 3.63) is 62.5 Å². The second-order valence-corrected chi connectivity index (χ2v) is 7.18. The Morgan fingerprint density at radius 3 is 2.50 bits per heavy atom. The molecule has 0 spiro atoms. The number of fused-ring (bicyclic) bond motifs is 1. The minimum absolute atomic E-state index is 0.323.